The lowest BCUT2D eigenvalue weighted by atomic mass is 10.2. The molecular formula is C11H15N3O2. The number of likely N-dealkylation sites (N-methyl/N-ethyl adjacent to an activating group) is 1. The third-order valence-electron chi connectivity index (χ3n) is 2.46. The first-order valence-electron chi connectivity index (χ1n) is 5.10. The van der Waals surface area contributed by atoms with E-state index in [1.807, 2.05) is 24.3 Å². The number of rotatable bonds is 2. The molecule has 1 aliphatic rings. The Balaban J connectivity index is 2.00. The van der Waals surface area contributed by atoms with E-state index in [1.165, 1.54) is 0 Å². The number of hydrogen-bond acceptors (Lipinski definition) is 3. The predicted molar refractivity (Wildman–Crippen MR) is 60.9 cm³/mol. The van der Waals surface area contributed by atoms with E-state index in [2.05, 4.69) is 0 Å². The smallest absolute Gasteiger partial charge is 0.188 e. The van der Waals surface area contributed by atoms with Crippen molar-refractivity contribution in [2.45, 2.75) is 6.10 Å². The van der Waals surface area contributed by atoms with E-state index in [9.17, 15) is 0 Å². The molecule has 3 N–H and O–H groups in total. The number of hydrogen-bond donors (Lipinski definition) is 2. The quantitative estimate of drug-likeness (QED) is 0.568. The monoisotopic (exact) mass is 221 g/mol. The highest BCUT2D eigenvalue weighted by Crippen LogP contribution is 2.30. The van der Waals surface area contributed by atoms with Crippen molar-refractivity contribution in [3.05, 3.63) is 24.3 Å². The van der Waals surface area contributed by atoms with E-state index in [-0.39, 0.29) is 12.1 Å². The fourth-order valence-corrected chi connectivity index (χ4v) is 1.56. The second kappa shape index (κ2) is 4.30. The number of para-hydroxylation sites is 2. The van der Waals surface area contributed by atoms with E-state index in [4.69, 9.17) is 20.6 Å². The summed E-state index contributed by atoms with van der Waals surface area (Å²) in [5, 5.41) is 7.27. The maximum atomic E-state index is 7.27. The number of guanidine groups is 1. The highest BCUT2D eigenvalue weighted by atomic mass is 16.6. The summed E-state index contributed by atoms with van der Waals surface area (Å²) in [5.41, 5.74) is 5.36. The lowest BCUT2D eigenvalue weighted by Crippen LogP contribution is -2.44. The van der Waals surface area contributed by atoms with Crippen LogP contribution in [0.1, 0.15) is 0 Å². The maximum absolute atomic E-state index is 7.27. The average molecular weight is 221 g/mol. The molecule has 0 amide bonds. The fourth-order valence-electron chi connectivity index (χ4n) is 1.56. The molecule has 0 radical (unpaired) electrons. The number of nitrogens with zero attached hydrogens (tertiary/aromatic N) is 1. The largest absolute Gasteiger partial charge is 0.486 e. The Morgan fingerprint density at radius 2 is 2.19 bits per heavy atom. The molecule has 0 saturated carbocycles. The first kappa shape index (κ1) is 10.6. The van der Waals surface area contributed by atoms with Crippen molar-refractivity contribution in [1.82, 2.24) is 4.90 Å². The molecule has 5 heteroatoms. The van der Waals surface area contributed by atoms with Crippen LogP contribution in [0, 0.1) is 5.41 Å². The van der Waals surface area contributed by atoms with E-state index < -0.39 is 0 Å². The molecule has 1 aromatic carbocycles. The molecule has 0 spiro atoms. The molecule has 1 atom stereocenters. The van der Waals surface area contributed by atoms with Gasteiger partial charge >= 0.3 is 0 Å². The van der Waals surface area contributed by atoms with Gasteiger partial charge in [-0.3, -0.25) is 5.41 Å². The van der Waals surface area contributed by atoms with Crippen molar-refractivity contribution >= 4 is 5.96 Å². The van der Waals surface area contributed by atoms with Gasteiger partial charge in [-0.2, -0.15) is 0 Å². The van der Waals surface area contributed by atoms with Crippen LogP contribution >= 0.6 is 0 Å². The van der Waals surface area contributed by atoms with Gasteiger partial charge in [0.25, 0.3) is 0 Å². The molecule has 2 rings (SSSR count). The van der Waals surface area contributed by atoms with Gasteiger partial charge in [-0.1, -0.05) is 12.1 Å². The zero-order valence-electron chi connectivity index (χ0n) is 9.14. The Bertz CT molecular complexity index is 395. The average Bonchev–Trinajstić information content (AvgIpc) is 2.28. The molecule has 0 fully saturated rings. The van der Waals surface area contributed by atoms with Crippen molar-refractivity contribution in [3.8, 4) is 11.5 Å². The highest BCUT2D eigenvalue weighted by Gasteiger charge is 2.22. The van der Waals surface area contributed by atoms with Crippen molar-refractivity contribution in [2.75, 3.05) is 20.2 Å². The predicted octanol–water partition coefficient (Wildman–Crippen LogP) is 0.652. The Morgan fingerprint density at radius 3 is 2.88 bits per heavy atom. The lowest BCUT2D eigenvalue weighted by Gasteiger charge is -2.29. The van der Waals surface area contributed by atoms with E-state index in [0.29, 0.717) is 13.2 Å². The molecule has 1 unspecified atom stereocenters. The molecule has 0 bridgehead atoms. The summed E-state index contributed by atoms with van der Waals surface area (Å²) in [4.78, 5) is 1.63. The second-order valence-corrected chi connectivity index (χ2v) is 3.76. The zero-order chi connectivity index (χ0) is 11.5. The highest BCUT2D eigenvalue weighted by molar-refractivity contribution is 5.74. The third kappa shape index (κ3) is 2.18. The SMILES string of the molecule is CN(CC1COc2ccccc2O1)C(=N)N. The number of fused-ring (bicyclic) bond motifs is 1. The van der Waals surface area contributed by atoms with Crippen LogP contribution in [-0.2, 0) is 0 Å². The van der Waals surface area contributed by atoms with E-state index in [0.717, 1.165) is 11.5 Å². The first-order chi connectivity index (χ1) is 7.66. The van der Waals surface area contributed by atoms with Gasteiger partial charge in [0, 0.05) is 7.05 Å². The van der Waals surface area contributed by atoms with Crippen LogP contribution in [0.2, 0.25) is 0 Å². The number of benzene rings is 1. The molecule has 1 aliphatic heterocycles. The van der Waals surface area contributed by atoms with Crippen LogP contribution in [0.5, 0.6) is 11.5 Å². The molecule has 16 heavy (non-hydrogen) atoms. The second-order valence-electron chi connectivity index (χ2n) is 3.76. The molecule has 1 heterocycles. The number of ether oxygens (including phenoxy) is 2. The third-order valence-corrected chi connectivity index (χ3v) is 2.46. The standard InChI is InChI=1S/C11H15N3O2/c1-14(11(12)13)6-8-7-15-9-4-2-3-5-10(9)16-8/h2-5,8H,6-7H2,1H3,(H3,12,13). The van der Waals surface area contributed by atoms with Crippen molar-refractivity contribution < 1.29 is 9.47 Å². The summed E-state index contributed by atoms with van der Waals surface area (Å²) >= 11 is 0. The minimum atomic E-state index is -0.0937. The van der Waals surface area contributed by atoms with Crippen LogP contribution < -0.4 is 15.2 Å². The molecule has 1 aromatic rings. The Kier molecular flexibility index (Phi) is 2.85. The lowest BCUT2D eigenvalue weighted by molar-refractivity contribution is 0.0777. The van der Waals surface area contributed by atoms with Crippen LogP contribution in [0.15, 0.2) is 24.3 Å². The number of nitrogens with two attached hydrogens (primary N) is 1. The van der Waals surface area contributed by atoms with Crippen molar-refractivity contribution in [1.29, 1.82) is 5.41 Å². The van der Waals surface area contributed by atoms with Crippen molar-refractivity contribution in [3.63, 3.8) is 0 Å². The molecular weight excluding hydrogens is 206 g/mol. The van der Waals surface area contributed by atoms with Crippen molar-refractivity contribution in [2.24, 2.45) is 5.73 Å². The zero-order valence-corrected chi connectivity index (χ0v) is 9.14. The van der Waals surface area contributed by atoms with Crippen LogP contribution in [0.4, 0.5) is 0 Å². The first-order valence-corrected chi connectivity index (χ1v) is 5.10. The minimum Gasteiger partial charge on any atom is -0.486 e. The fraction of sp³-hybridized carbons (Fsp3) is 0.364. The summed E-state index contributed by atoms with van der Waals surface area (Å²) in [6, 6.07) is 7.55. The van der Waals surface area contributed by atoms with Gasteiger partial charge in [0.05, 0.1) is 6.54 Å². The van der Waals surface area contributed by atoms with Gasteiger partial charge in [-0.25, -0.2) is 0 Å². The van der Waals surface area contributed by atoms with Gasteiger partial charge in [0.15, 0.2) is 23.6 Å². The maximum Gasteiger partial charge on any atom is 0.188 e. The molecule has 0 saturated heterocycles. The Labute approximate surface area is 94.3 Å². The van der Waals surface area contributed by atoms with Gasteiger partial charge in [0.2, 0.25) is 0 Å². The van der Waals surface area contributed by atoms with Crippen LogP contribution in [0.25, 0.3) is 0 Å². The molecule has 86 valence electrons. The topological polar surface area (TPSA) is 71.6 Å². The number of nitrogens with one attached hydrogen (secondary N) is 1. The normalized spacial score (nSPS) is 17.9. The summed E-state index contributed by atoms with van der Waals surface area (Å²) < 4.78 is 11.3. The summed E-state index contributed by atoms with van der Waals surface area (Å²) in [6.07, 6.45) is -0.0937. The minimum absolute atomic E-state index is 0.0301. The summed E-state index contributed by atoms with van der Waals surface area (Å²) in [5.74, 6) is 1.54. The van der Waals surface area contributed by atoms with Crippen LogP contribution in [0.3, 0.4) is 0 Å². The molecule has 5 nitrogen and oxygen atoms in total. The van der Waals surface area contributed by atoms with Gasteiger partial charge < -0.3 is 20.1 Å². The summed E-state index contributed by atoms with van der Waals surface area (Å²) in [7, 11) is 1.76. The van der Waals surface area contributed by atoms with Crippen LogP contribution in [-0.4, -0.2) is 37.2 Å². The Hall–Kier alpha value is -1.91. The Morgan fingerprint density at radius 1 is 1.50 bits per heavy atom. The van der Waals surface area contributed by atoms with Gasteiger partial charge in [-0.05, 0) is 12.1 Å². The molecule has 0 aromatic heterocycles. The molecule has 0 aliphatic carbocycles. The van der Waals surface area contributed by atoms with Gasteiger partial charge in [-0.15, -0.1) is 0 Å². The van der Waals surface area contributed by atoms with E-state index >= 15 is 0 Å². The van der Waals surface area contributed by atoms with E-state index in [1.54, 1.807) is 11.9 Å². The van der Waals surface area contributed by atoms with Gasteiger partial charge in [0.1, 0.15) is 6.61 Å². The summed E-state index contributed by atoms with van der Waals surface area (Å²) in [6.45, 7) is 1.03.